The highest BCUT2D eigenvalue weighted by molar-refractivity contribution is 7.89. The highest BCUT2D eigenvalue weighted by atomic mass is 35.5. The smallest absolute Gasteiger partial charge is 0.260 e. The molecule has 0 spiro atoms. The van der Waals surface area contributed by atoms with E-state index < -0.39 is 10.0 Å². The highest BCUT2D eigenvalue weighted by Gasteiger charge is 2.27. The zero-order valence-electron chi connectivity index (χ0n) is 22.3. The number of sulfonamides is 1. The number of halogens is 1. The molecule has 1 fully saturated rings. The van der Waals surface area contributed by atoms with Crippen molar-refractivity contribution in [3.63, 3.8) is 0 Å². The van der Waals surface area contributed by atoms with E-state index >= 15 is 0 Å². The van der Waals surface area contributed by atoms with E-state index in [0.29, 0.717) is 48.4 Å². The van der Waals surface area contributed by atoms with E-state index in [4.69, 9.17) is 14.5 Å². The molecule has 9 nitrogen and oxygen atoms in total. The van der Waals surface area contributed by atoms with E-state index in [1.807, 2.05) is 12.1 Å². The average molecular weight is 595 g/mol. The van der Waals surface area contributed by atoms with E-state index in [1.54, 1.807) is 33.5 Å². The molecule has 0 N–H and O–H groups in total. The molecular formula is C27H35ClN4O5S2. The second-order valence-electron chi connectivity index (χ2n) is 9.50. The van der Waals surface area contributed by atoms with Crippen molar-refractivity contribution < 1.29 is 22.7 Å². The first-order chi connectivity index (χ1) is 18.4. The van der Waals surface area contributed by atoms with Crippen molar-refractivity contribution in [3.05, 3.63) is 42.0 Å². The predicted molar refractivity (Wildman–Crippen MR) is 156 cm³/mol. The fourth-order valence-electron chi connectivity index (χ4n) is 4.84. The molecule has 1 amide bonds. The predicted octanol–water partition coefficient (Wildman–Crippen LogP) is 5.00. The van der Waals surface area contributed by atoms with E-state index in [9.17, 15) is 13.2 Å². The van der Waals surface area contributed by atoms with Gasteiger partial charge in [0.1, 0.15) is 0 Å². The van der Waals surface area contributed by atoms with Crippen LogP contribution in [0.2, 0.25) is 0 Å². The number of ether oxygens (including phenoxy) is 2. The number of carbonyl (C=O) groups is 1. The van der Waals surface area contributed by atoms with Crippen molar-refractivity contribution in [2.45, 2.75) is 44.4 Å². The van der Waals surface area contributed by atoms with Crippen molar-refractivity contribution in [1.29, 1.82) is 0 Å². The van der Waals surface area contributed by atoms with Gasteiger partial charge in [0.05, 0.1) is 15.1 Å². The van der Waals surface area contributed by atoms with Crippen LogP contribution in [0.3, 0.4) is 0 Å². The number of anilines is 1. The van der Waals surface area contributed by atoms with Gasteiger partial charge in [-0.05, 0) is 50.2 Å². The van der Waals surface area contributed by atoms with Gasteiger partial charge in [0.2, 0.25) is 16.8 Å². The van der Waals surface area contributed by atoms with Gasteiger partial charge in [0, 0.05) is 43.9 Å². The lowest BCUT2D eigenvalue weighted by Gasteiger charge is -2.25. The molecule has 3 heterocycles. The van der Waals surface area contributed by atoms with Crippen LogP contribution in [0.15, 0.2) is 41.3 Å². The highest BCUT2D eigenvalue weighted by Crippen LogP contribution is 2.40. The van der Waals surface area contributed by atoms with Crippen LogP contribution in [0.5, 0.6) is 11.5 Å². The summed E-state index contributed by atoms with van der Waals surface area (Å²) in [5.41, 5.74) is 1.17. The summed E-state index contributed by atoms with van der Waals surface area (Å²) >= 11 is 1.43. The molecule has 0 unspecified atom stereocenters. The molecule has 0 aliphatic carbocycles. The van der Waals surface area contributed by atoms with Gasteiger partial charge in [-0.1, -0.05) is 38.0 Å². The summed E-state index contributed by atoms with van der Waals surface area (Å²) in [5, 5.41) is 0.585. The van der Waals surface area contributed by atoms with Gasteiger partial charge in [-0.25, -0.2) is 13.4 Å². The molecular weight excluding hydrogens is 560 g/mol. The molecule has 1 aromatic heterocycles. The lowest BCUT2D eigenvalue weighted by molar-refractivity contribution is 0.0983. The van der Waals surface area contributed by atoms with Crippen molar-refractivity contribution >= 4 is 55.0 Å². The molecule has 0 radical (unpaired) electrons. The number of benzene rings is 2. The van der Waals surface area contributed by atoms with Gasteiger partial charge in [0.15, 0.2) is 16.6 Å². The van der Waals surface area contributed by atoms with Crippen LogP contribution in [0.25, 0.3) is 10.2 Å². The number of fused-ring (bicyclic) bond motifs is 2. The fraction of sp³-hybridized carbons (Fsp3) is 0.481. The van der Waals surface area contributed by atoms with Crippen LogP contribution in [0, 0.1) is 0 Å². The Hall–Kier alpha value is -2.44. The maximum Gasteiger partial charge on any atom is 0.260 e. The summed E-state index contributed by atoms with van der Waals surface area (Å²) in [6, 6.07) is 10.1. The third-order valence-electron chi connectivity index (χ3n) is 7.19. The Morgan fingerprint density at radius 2 is 1.62 bits per heavy atom. The minimum absolute atomic E-state index is 0. The monoisotopic (exact) mass is 594 g/mol. The largest absolute Gasteiger partial charge is 0.454 e. The Morgan fingerprint density at radius 3 is 2.26 bits per heavy atom. The quantitative estimate of drug-likeness (QED) is 0.344. The molecule has 2 aromatic carbocycles. The van der Waals surface area contributed by atoms with Crippen molar-refractivity contribution in [1.82, 2.24) is 14.2 Å². The minimum atomic E-state index is -3.58. The third-order valence-corrected chi connectivity index (χ3v) is 10.1. The molecule has 0 atom stereocenters. The van der Waals surface area contributed by atoms with Gasteiger partial charge >= 0.3 is 0 Å². The minimum Gasteiger partial charge on any atom is -0.454 e. The van der Waals surface area contributed by atoms with E-state index in [1.165, 1.54) is 11.3 Å². The number of hydrogen-bond donors (Lipinski definition) is 0. The van der Waals surface area contributed by atoms with Gasteiger partial charge in [-0.2, -0.15) is 4.31 Å². The van der Waals surface area contributed by atoms with E-state index in [-0.39, 0.29) is 30.0 Å². The second-order valence-corrected chi connectivity index (χ2v) is 12.4. The normalized spacial score (nSPS) is 15.8. The number of carbonyl (C=O) groups excluding carboxylic acids is 1. The number of hydrogen-bond acceptors (Lipinski definition) is 8. The Morgan fingerprint density at radius 1 is 0.974 bits per heavy atom. The summed E-state index contributed by atoms with van der Waals surface area (Å²) in [4.78, 5) is 22.7. The summed E-state index contributed by atoms with van der Waals surface area (Å²) in [5.74, 6) is 1.11. The maximum absolute atomic E-state index is 13.8. The van der Waals surface area contributed by atoms with E-state index in [0.717, 1.165) is 49.0 Å². The zero-order chi connectivity index (χ0) is 26.7. The lowest BCUT2D eigenvalue weighted by Crippen LogP contribution is -2.39. The average Bonchev–Trinajstić information content (AvgIpc) is 3.45. The molecule has 212 valence electrons. The number of likely N-dealkylation sites (N-methyl/N-ethyl adjacent to an activating group) is 1. The van der Waals surface area contributed by atoms with Crippen molar-refractivity contribution in [3.8, 4) is 11.5 Å². The number of amides is 1. The molecule has 3 aromatic rings. The number of aromatic nitrogens is 1. The van der Waals surface area contributed by atoms with Gasteiger partial charge in [-0.3, -0.25) is 9.69 Å². The third kappa shape index (κ3) is 6.33. The SMILES string of the molecule is CCN(CC)CCN(C(=O)c1ccc(S(=O)(=O)N2CCCCCC2)cc1)c1nc2cc3c(cc2s1)OCO3.Cl. The fourth-order valence-corrected chi connectivity index (χ4v) is 7.36. The first-order valence-electron chi connectivity index (χ1n) is 13.3. The topological polar surface area (TPSA) is 92.3 Å². The van der Waals surface area contributed by atoms with Gasteiger partial charge in [-0.15, -0.1) is 12.4 Å². The molecule has 0 saturated carbocycles. The molecule has 0 bridgehead atoms. The molecule has 2 aliphatic rings. The summed E-state index contributed by atoms with van der Waals surface area (Å²) in [6.07, 6.45) is 3.86. The Labute approximate surface area is 240 Å². The lowest BCUT2D eigenvalue weighted by atomic mass is 10.2. The Balaban J connectivity index is 0.00000353. The van der Waals surface area contributed by atoms with Crippen LogP contribution < -0.4 is 14.4 Å². The first kappa shape index (κ1) is 29.5. The zero-order valence-corrected chi connectivity index (χ0v) is 24.7. The van der Waals surface area contributed by atoms with Crippen molar-refractivity contribution in [2.75, 3.05) is 51.0 Å². The van der Waals surface area contributed by atoms with Crippen LogP contribution in [0.1, 0.15) is 49.9 Å². The summed E-state index contributed by atoms with van der Waals surface area (Å²) in [7, 11) is -3.58. The van der Waals surface area contributed by atoms with Gasteiger partial charge < -0.3 is 14.4 Å². The standard InChI is InChI=1S/C27H34N4O5S2.ClH/c1-3-29(4-2)15-16-31(27-28-22-17-23-24(36-19-35-23)18-25(22)37-27)26(32)20-9-11-21(12-10-20)38(33,34)30-13-7-5-6-8-14-30;/h9-12,17-18H,3-8,13-16,19H2,1-2H3;1H. The van der Waals surface area contributed by atoms with Crippen molar-refractivity contribution in [2.24, 2.45) is 0 Å². The van der Waals surface area contributed by atoms with Crippen LogP contribution in [0.4, 0.5) is 5.13 Å². The summed E-state index contributed by atoms with van der Waals surface area (Å²) in [6.45, 7) is 8.37. The molecule has 12 heteroatoms. The molecule has 39 heavy (non-hydrogen) atoms. The van der Waals surface area contributed by atoms with Crippen LogP contribution in [-0.2, 0) is 10.0 Å². The molecule has 2 aliphatic heterocycles. The number of thiazole rings is 1. The van der Waals surface area contributed by atoms with Crippen LogP contribution >= 0.6 is 23.7 Å². The molecule has 5 rings (SSSR count). The van der Waals surface area contributed by atoms with E-state index in [2.05, 4.69) is 18.7 Å². The number of nitrogens with zero attached hydrogens (tertiary/aromatic N) is 4. The maximum atomic E-state index is 13.8. The number of rotatable bonds is 9. The van der Waals surface area contributed by atoms with Crippen LogP contribution in [-0.4, -0.2) is 74.6 Å². The summed E-state index contributed by atoms with van der Waals surface area (Å²) < 4.78 is 39.9. The first-order valence-corrected chi connectivity index (χ1v) is 15.5. The Kier molecular flexibility index (Phi) is 9.71. The Bertz CT molecular complexity index is 1340. The van der Waals surface area contributed by atoms with Gasteiger partial charge in [0.25, 0.3) is 5.91 Å². The molecule has 1 saturated heterocycles. The second kappa shape index (κ2) is 12.8.